The van der Waals surface area contributed by atoms with Gasteiger partial charge in [0.2, 0.25) is 6.17 Å². The third kappa shape index (κ3) is 1.86. The highest BCUT2D eigenvalue weighted by molar-refractivity contribution is 5.28. The van der Waals surface area contributed by atoms with E-state index in [1.165, 1.54) is 0 Å². The van der Waals surface area contributed by atoms with Gasteiger partial charge in [0.15, 0.2) is 0 Å². The molecule has 1 aliphatic rings. The maximum absolute atomic E-state index is 12.7. The molecule has 0 saturated carbocycles. The monoisotopic (exact) mass is 187 g/mol. The smallest absolute Gasteiger partial charge is 0.264 e. The highest BCUT2D eigenvalue weighted by Gasteiger charge is 2.35. The number of rotatable bonds is 2. The molecular formula is C6H4FN2O4. The van der Waals surface area contributed by atoms with Crippen molar-refractivity contribution in [2.45, 2.75) is 6.04 Å². The molecule has 0 aromatic heterocycles. The van der Waals surface area contributed by atoms with Crippen LogP contribution in [0.3, 0.4) is 0 Å². The van der Waals surface area contributed by atoms with Gasteiger partial charge in [0.05, 0.1) is 11.0 Å². The second-order valence-electron chi connectivity index (χ2n) is 2.30. The lowest BCUT2D eigenvalue weighted by Gasteiger charge is -2.08. The predicted octanol–water partition coefficient (Wildman–Crippen LogP) is 0.864. The number of allylic oxidation sites excluding steroid dienone is 1. The van der Waals surface area contributed by atoms with Crippen LogP contribution in [-0.2, 0) is 0 Å². The number of halogens is 1. The molecule has 13 heavy (non-hydrogen) atoms. The lowest BCUT2D eigenvalue weighted by Crippen LogP contribution is -2.25. The Hall–Kier alpha value is -1.79. The second-order valence-corrected chi connectivity index (χ2v) is 2.30. The third-order valence-electron chi connectivity index (χ3n) is 1.46. The summed E-state index contributed by atoms with van der Waals surface area (Å²) >= 11 is 0. The summed E-state index contributed by atoms with van der Waals surface area (Å²) in [5.74, 6) is 0. The first-order chi connectivity index (χ1) is 6.02. The van der Waals surface area contributed by atoms with Crippen LogP contribution in [0.1, 0.15) is 0 Å². The molecule has 0 bridgehead atoms. The fraction of sp³-hybridized carbons (Fsp3) is 0.167. The molecule has 1 atom stereocenters. The highest BCUT2D eigenvalue weighted by Crippen LogP contribution is 2.22. The molecule has 1 rings (SSSR count). The predicted molar refractivity (Wildman–Crippen MR) is 39.4 cm³/mol. The van der Waals surface area contributed by atoms with E-state index in [9.17, 15) is 24.6 Å². The Morgan fingerprint density at radius 3 is 2.38 bits per heavy atom. The molecule has 0 spiro atoms. The quantitative estimate of drug-likeness (QED) is 0.473. The first kappa shape index (κ1) is 9.30. The first-order valence-electron chi connectivity index (χ1n) is 3.22. The molecule has 0 aromatic rings. The summed E-state index contributed by atoms with van der Waals surface area (Å²) in [6, 6.07) is -1.73. The molecule has 0 amide bonds. The van der Waals surface area contributed by atoms with E-state index in [1.54, 1.807) is 0 Å². The summed E-state index contributed by atoms with van der Waals surface area (Å²) in [6.45, 7) is 0. The van der Waals surface area contributed by atoms with Crippen LogP contribution in [-0.4, -0.2) is 15.9 Å². The SMILES string of the molecule is O=[N+]([O-])C1=CC([N+](=O)[O-])[C](F)C=C1. The Morgan fingerprint density at radius 1 is 1.31 bits per heavy atom. The van der Waals surface area contributed by atoms with Crippen molar-refractivity contribution in [2.75, 3.05) is 0 Å². The van der Waals surface area contributed by atoms with E-state index in [1.807, 2.05) is 0 Å². The lowest BCUT2D eigenvalue weighted by atomic mass is 10.1. The van der Waals surface area contributed by atoms with Gasteiger partial charge in [-0.2, -0.15) is 0 Å². The number of nitro groups is 2. The van der Waals surface area contributed by atoms with Crippen molar-refractivity contribution in [2.24, 2.45) is 0 Å². The first-order valence-corrected chi connectivity index (χ1v) is 3.22. The minimum Gasteiger partial charge on any atom is -0.264 e. The van der Waals surface area contributed by atoms with Crippen molar-refractivity contribution >= 4 is 0 Å². The van der Waals surface area contributed by atoms with Crippen LogP contribution in [0.5, 0.6) is 0 Å². The van der Waals surface area contributed by atoms with E-state index >= 15 is 0 Å². The van der Waals surface area contributed by atoms with Gasteiger partial charge in [-0.1, -0.05) is 0 Å². The van der Waals surface area contributed by atoms with Crippen molar-refractivity contribution in [1.29, 1.82) is 0 Å². The standard InChI is InChI=1S/C6H4FN2O4/c7-5-2-1-4(8(10)11)3-6(5)9(12)13/h1-3,6H. The average molecular weight is 187 g/mol. The van der Waals surface area contributed by atoms with E-state index in [0.29, 0.717) is 6.08 Å². The molecule has 6 nitrogen and oxygen atoms in total. The second kappa shape index (κ2) is 3.30. The molecule has 0 N–H and O–H groups in total. The third-order valence-corrected chi connectivity index (χ3v) is 1.46. The van der Waals surface area contributed by atoms with Gasteiger partial charge in [0.25, 0.3) is 11.7 Å². The van der Waals surface area contributed by atoms with Crippen molar-refractivity contribution < 1.29 is 14.2 Å². The van der Waals surface area contributed by atoms with E-state index < -0.39 is 27.8 Å². The van der Waals surface area contributed by atoms with Crippen LogP contribution >= 0.6 is 0 Å². The van der Waals surface area contributed by atoms with Crippen LogP contribution in [0.4, 0.5) is 4.39 Å². The normalized spacial score (nSPS) is 22.5. The van der Waals surface area contributed by atoms with E-state index in [-0.39, 0.29) is 0 Å². The maximum Gasteiger partial charge on any atom is 0.279 e. The molecular weight excluding hydrogens is 183 g/mol. The average Bonchev–Trinajstić information content (AvgIpc) is 2.04. The summed E-state index contributed by atoms with van der Waals surface area (Å²) in [5, 5.41) is 20.3. The summed E-state index contributed by atoms with van der Waals surface area (Å²) in [5.41, 5.74) is -0.469. The fourth-order valence-corrected chi connectivity index (χ4v) is 0.844. The van der Waals surface area contributed by atoms with Gasteiger partial charge < -0.3 is 0 Å². The van der Waals surface area contributed by atoms with E-state index in [0.717, 1.165) is 12.2 Å². The Bertz CT molecular complexity index is 312. The van der Waals surface area contributed by atoms with E-state index in [4.69, 9.17) is 0 Å². The van der Waals surface area contributed by atoms with Crippen LogP contribution in [0.25, 0.3) is 0 Å². The fourth-order valence-electron chi connectivity index (χ4n) is 0.844. The van der Waals surface area contributed by atoms with Gasteiger partial charge >= 0.3 is 0 Å². The zero-order valence-electron chi connectivity index (χ0n) is 6.21. The summed E-state index contributed by atoms with van der Waals surface area (Å²) in [7, 11) is 0. The van der Waals surface area contributed by atoms with Crippen molar-refractivity contribution in [3.8, 4) is 0 Å². The van der Waals surface area contributed by atoms with E-state index in [2.05, 4.69) is 0 Å². The summed E-state index contributed by atoms with van der Waals surface area (Å²) in [4.78, 5) is 18.6. The Kier molecular flexibility index (Phi) is 2.36. The Morgan fingerprint density at radius 2 is 1.92 bits per heavy atom. The lowest BCUT2D eigenvalue weighted by molar-refractivity contribution is -0.509. The highest BCUT2D eigenvalue weighted by atomic mass is 19.1. The number of hydrogen-bond acceptors (Lipinski definition) is 4. The maximum atomic E-state index is 12.7. The molecule has 69 valence electrons. The van der Waals surface area contributed by atoms with Gasteiger partial charge in [-0.25, -0.2) is 4.39 Å². The molecule has 0 saturated heterocycles. The molecule has 7 heteroatoms. The van der Waals surface area contributed by atoms with Gasteiger partial charge in [-0.3, -0.25) is 20.2 Å². The number of hydrogen-bond donors (Lipinski definition) is 0. The topological polar surface area (TPSA) is 86.3 Å². The molecule has 0 aliphatic heterocycles. The van der Waals surface area contributed by atoms with Gasteiger partial charge in [0.1, 0.15) is 0 Å². The van der Waals surface area contributed by atoms with Crippen LogP contribution in [0, 0.1) is 26.4 Å². The van der Waals surface area contributed by atoms with Crippen molar-refractivity contribution in [1.82, 2.24) is 0 Å². The summed E-state index contributed by atoms with van der Waals surface area (Å²) < 4.78 is 12.7. The minimum absolute atomic E-state index is 0.469. The molecule has 0 fully saturated rings. The van der Waals surface area contributed by atoms with Crippen molar-refractivity contribution in [3.63, 3.8) is 0 Å². The van der Waals surface area contributed by atoms with Crippen LogP contribution in [0.15, 0.2) is 23.9 Å². The van der Waals surface area contributed by atoms with Gasteiger partial charge in [0, 0.05) is 11.0 Å². The Balaban J connectivity index is 2.93. The van der Waals surface area contributed by atoms with Crippen LogP contribution in [0.2, 0.25) is 0 Å². The molecule has 0 aromatic carbocycles. The van der Waals surface area contributed by atoms with Crippen LogP contribution < -0.4 is 0 Å². The van der Waals surface area contributed by atoms with Gasteiger partial charge in [-0.15, -0.1) is 0 Å². The summed E-state index contributed by atoms with van der Waals surface area (Å²) in [6.07, 6.45) is 1.27. The minimum atomic E-state index is -1.73. The molecule has 0 heterocycles. The largest absolute Gasteiger partial charge is 0.279 e. The van der Waals surface area contributed by atoms with Crippen molar-refractivity contribution in [3.05, 3.63) is 50.3 Å². The molecule has 1 aliphatic carbocycles. The zero-order valence-corrected chi connectivity index (χ0v) is 6.21. The zero-order chi connectivity index (χ0) is 10.0. The molecule has 1 radical (unpaired) electrons. The van der Waals surface area contributed by atoms with Gasteiger partial charge in [-0.05, 0) is 6.08 Å². The Labute approximate surface area is 71.7 Å². The number of nitrogens with zero attached hydrogens (tertiary/aromatic N) is 2. The molecule has 1 unspecified atom stereocenters.